The highest BCUT2D eigenvalue weighted by molar-refractivity contribution is 7.85. The van der Waals surface area contributed by atoms with E-state index in [4.69, 9.17) is 5.73 Å². The van der Waals surface area contributed by atoms with Crippen LogP contribution in [0.1, 0.15) is 44.7 Å². The molecular weight excluding hydrogens is 458 g/mol. The van der Waals surface area contributed by atoms with Gasteiger partial charge in [-0.05, 0) is 36.1 Å². The van der Waals surface area contributed by atoms with Crippen molar-refractivity contribution in [3.63, 3.8) is 0 Å². The zero-order chi connectivity index (χ0) is 24.7. The van der Waals surface area contributed by atoms with Gasteiger partial charge in [-0.1, -0.05) is 48.1 Å². The Morgan fingerprint density at radius 3 is 2.26 bits per heavy atom. The molecule has 0 unspecified atom stereocenters. The Morgan fingerprint density at radius 1 is 0.971 bits per heavy atom. The predicted octanol–water partition coefficient (Wildman–Crippen LogP) is 1.90. The van der Waals surface area contributed by atoms with E-state index in [1.807, 2.05) is 0 Å². The van der Waals surface area contributed by atoms with Crippen molar-refractivity contribution in [2.24, 2.45) is 5.73 Å². The minimum absolute atomic E-state index is 0.0293. The molecule has 34 heavy (non-hydrogen) atoms. The molecule has 5 N–H and O–H groups in total. The summed E-state index contributed by atoms with van der Waals surface area (Å²) in [4.78, 5) is 35.2. The maximum atomic E-state index is 12.5. The first-order valence-electron chi connectivity index (χ1n) is 10.5. The first-order valence-corrected chi connectivity index (χ1v) is 11.9. The number of benzene rings is 2. The number of nitrogens with two attached hydrogens (primary N) is 1. The zero-order valence-corrected chi connectivity index (χ0v) is 19.1. The first kappa shape index (κ1) is 25.0. The van der Waals surface area contributed by atoms with Gasteiger partial charge >= 0.3 is 0 Å². The number of carbonyl (C=O) groups is 3. The van der Waals surface area contributed by atoms with Gasteiger partial charge in [-0.3, -0.25) is 18.9 Å². The van der Waals surface area contributed by atoms with Crippen molar-refractivity contribution >= 4 is 28.2 Å². The average Bonchev–Trinajstić information content (AvgIpc) is 2.85. The summed E-state index contributed by atoms with van der Waals surface area (Å²) in [6.07, 6.45) is 5.40. The van der Waals surface area contributed by atoms with Gasteiger partial charge in [0.05, 0.1) is 4.90 Å². The summed E-state index contributed by atoms with van der Waals surface area (Å²) in [5, 5.41) is 5.31. The second kappa shape index (κ2) is 11.0. The average molecular weight is 484 g/mol. The standard InChI is InChI=1S/C24H25N3O6S/c25-12-16-5-7-19(8-6-16)23(29)27-14-21-10-9-20(11-22(21)34(31,32)33)24(30)26-13-17-1-3-18(15-28)4-2-17/h1-5,7,9-11,15H,6,8,12-14,25H2,(H,26,30)(H,27,29)(H,31,32,33). The predicted molar refractivity (Wildman–Crippen MR) is 126 cm³/mol. The number of carbonyl (C=O) groups excluding carboxylic acids is 3. The van der Waals surface area contributed by atoms with E-state index in [0.717, 1.165) is 17.2 Å². The molecule has 178 valence electrons. The summed E-state index contributed by atoms with van der Waals surface area (Å²) >= 11 is 0. The topological polar surface area (TPSA) is 156 Å². The van der Waals surface area contributed by atoms with Crippen molar-refractivity contribution in [1.82, 2.24) is 10.6 Å². The highest BCUT2D eigenvalue weighted by Crippen LogP contribution is 2.20. The Labute approximate surface area is 197 Å². The summed E-state index contributed by atoms with van der Waals surface area (Å²) in [6.45, 7) is 0.436. The molecule has 2 amide bonds. The molecule has 2 aromatic carbocycles. The van der Waals surface area contributed by atoms with Crippen molar-refractivity contribution in [2.45, 2.75) is 30.8 Å². The van der Waals surface area contributed by atoms with E-state index in [1.54, 1.807) is 36.4 Å². The highest BCUT2D eigenvalue weighted by atomic mass is 32.2. The van der Waals surface area contributed by atoms with Crippen LogP contribution in [0.5, 0.6) is 0 Å². The van der Waals surface area contributed by atoms with Gasteiger partial charge < -0.3 is 16.4 Å². The van der Waals surface area contributed by atoms with Gasteiger partial charge in [0.15, 0.2) is 0 Å². The molecule has 0 spiro atoms. The molecule has 3 rings (SSSR count). The van der Waals surface area contributed by atoms with Crippen LogP contribution in [0, 0.1) is 0 Å². The summed E-state index contributed by atoms with van der Waals surface area (Å²) in [6, 6.07) is 10.5. The van der Waals surface area contributed by atoms with E-state index in [-0.39, 0.29) is 30.1 Å². The van der Waals surface area contributed by atoms with Gasteiger partial charge in [0.2, 0.25) is 5.91 Å². The molecule has 2 aromatic rings. The van der Waals surface area contributed by atoms with Crippen LogP contribution in [0.2, 0.25) is 0 Å². The maximum absolute atomic E-state index is 12.5. The van der Waals surface area contributed by atoms with Crippen LogP contribution >= 0.6 is 0 Å². The molecule has 0 fully saturated rings. The molecule has 0 aliphatic heterocycles. The lowest BCUT2D eigenvalue weighted by Crippen LogP contribution is -2.27. The number of hydrogen-bond acceptors (Lipinski definition) is 6. The third kappa shape index (κ3) is 6.47. The Morgan fingerprint density at radius 2 is 1.68 bits per heavy atom. The molecule has 10 heteroatoms. The molecule has 0 heterocycles. The van der Waals surface area contributed by atoms with Crippen molar-refractivity contribution in [3.05, 3.63) is 88.0 Å². The fraction of sp³-hybridized carbons (Fsp3) is 0.208. The first-order chi connectivity index (χ1) is 16.2. The van der Waals surface area contributed by atoms with Gasteiger partial charge in [-0.15, -0.1) is 0 Å². The van der Waals surface area contributed by atoms with Crippen molar-refractivity contribution in [2.75, 3.05) is 6.54 Å². The van der Waals surface area contributed by atoms with Gasteiger partial charge in [-0.2, -0.15) is 8.42 Å². The normalized spacial score (nSPS) is 13.5. The smallest absolute Gasteiger partial charge is 0.294 e. The van der Waals surface area contributed by atoms with E-state index in [0.29, 0.717) is 36.8 Å². The zero-order valence-electron chi connectivity index (χ0n) is 18.3. The fourth-order valence-electron chi connectivity index (χ4n) is 3.41. The Kier molecular flexibility index (Phi) is 8.11. The van der Waals surface area contributed by atoms with Crippen molar-refractivity contribution in [1.29, 1.82) is 0 Å². The Balaban J connectivity index is 1.70. The molecule has 0 aromatic heterocycles. The Hall–Kier alpha value is -3.60. The number of aldehydes is 1. The monoisotopic (exact) mass is 483 g/mol. The molecule has 0 saturated carbocycles. The van der Waals surface area contributed by atoms with Crippen molar-refractivity contribution < 1.29 is 27.4 Å². The summed E-state index contributed by atoms with van der Waals surface area (Å²) in [5.74, 6) is -0.897. The molecule has 0 bridgehead atoms. The van der Waals surface area contributed by atoms with Crippen LogP contribution in [0.15, 0.2) is 70.7 Å². The highest BCUT2D eigenvalue weighted by Gasteiger charge is 2.20. The second-order valence-electron chi connectivity index (χ2n) is 7.74. The van der Waals surface area contributed by atoms with Gasteiger partial charge in [0.25, 0.3) is 16.0 Å². The lowest BCUT2D eigenvalue weighted by molar-refractivity contribution is -0.117. The van der Waals surface area contributed by atoms with Gasteiger partial charge in [0, 0.05) is 36.3 Å². The van der Waals surface area contributed by atoms with Gasteiger partial charge in [-0.25, -0.2) is 0 Å². The van der Waals surface area contributed by atoms with Crippen LogP contribution in [0.4, 0.5) is 0 Å². The van der Waals surface area contributed by atoms with Gasteiger partial charge in [0.1, 0.15) is 6.29 Å². The SMILES string of the molecule is NCC1=CC=C(C(=O)NCc2ccc(C(=O)NCc3ccc(C=O)cc3)cc2S(=O)(=O)O)CC1. The largest absolute Gasteiger partial charge is 0.348 e. The van der Waals surface area contributed by atoms with Crippen LogP contribution in [0.3, 0.4) is 0 Å². The molecule has 9 nitrogen and oxygen atoms in total. The van der Waals surface area contributed by atoms with Crippen LogP contribution in [-0.4, -0.2) is 37.6 Å². The minimum Gasteiger partial charge on any atom is -0.348 e. The summed E-state index contributed by atoms with van der Waals surface area (Å²) < 4.78 is 33.5. The molecule has 1 aliphatic carbocycles. The van der Waals surface area contributed by atoms with Crippen LogP contribution in [0.25, 0.3) is 0 Å². The third-order valence-corrected chi connectivity index (χ3v) is 6.34. The Bertz CT molecular complexity index is 1260. The van der Waals surface area contributed by atoms with Crippen LogP contribution in [-0.2, 0) is 28.0 Å². The number of rotatable bonds is 9. The molecule has 0 atom stereocenters. The summed E-state index contributed by atoms with van der Waals surface area (Å²) in [5.41, 5.74) is 8.60. The molecular formula is C24H25N3O6S. The van der Waals surface area contributed by atoms with E-state index in [9.17, 15) is 27.4 Å². The third-order valence-electron chi connectivity index (χ3n) is 5.41. The molecule has 0 saturated heterocycles. The lowest BCUT2D eigenvalue weighted by atomic mass is 9.98. The second-order valence-corrected chi connectivity index (χ2v) is 9.13. The van der Waals surface area contributed by atoms with Crippen LogP contribution < -0.4 is 16.4 Å². The van der Waals surface area contributed by atoms with E-state index in [2.05, 4.69) is 10.6 Å². The van der Waals surface area contributed by atoms with E-state index >= 15 is 0 Å². The number of nitrogens with one attached hydrogen (secondary N) is 2. The quantitative estimate of drug-likeness (QED) is 0.313. The molecule has 1 aliphatic rings. The van der Waals surface area contributed by atoms with Crippen molar-refractivity contribution in [3.8, 4) is 0 Å². The number of allylic oxidation sites excluding steroid dienone is 2. The number of hydrogen-bond donors (Lipinski definition) is 4. The maximum Gasteiger partial charge on any atom is 0.294 e. The fourth-order valence-corrected chi connectivity index (χ4v) is 4.16. The lowest BCUT2D eigenvalue weighted by Gasteiger charge is -2.15. The minimum atomic E-state index is -4.65. The molecule has 0 radical (unpaired) electrons. The van der Waals surface area contributed by atoms with E-state index in [1.165, 1.54) is 12.1 Å². The van der Waals surface area contributed by atoms with E-state index < -0.39 is 20.9 Å². The number of amides is 2. The summed E-state index contributed by atoms with van der Waals surface area (Å²) in [7, 11) is -4.65.